The molecule has 1 fully saturated rings. The summed E-state index contributed by atoms with van der Waals surface area (Å²) < 4.78 is 23.8. The largest absolute Gasteiger partial charge is 0.244 e. The van der Waals surface area contributed by atoms with Crippen LogP contribution in [0.2, 0.25) is 0 Å². The topological polar surface area (TPSA) is 0 Å². The Hall–Kier alpha value is -0.140. The molecule has 1 radical (unpaired) electrons. The van der Waals surface area contributed by atoms with Crippen LogP contribution in [-0.4, -0.2) is 12.3 Å². The fourth-order valence-electron chi connectivity index (χ4n) is 0.722. The van der Waals surface area contributed by atoms with Crippen molar-refractivity contribution < 1.29 is 8.78 Å². The van der Waals surface area contributed by atoms with Gasteiger partial charge in [-0.15, -0.1) is 0 Å². The first-order valence-electron chi connectivity index (χ1n) is 2.42. The minimum Gasteiger partial charge on any atom is -0.244 e. The van der Waals surface area contributed by atoms with Crippen LogP contribution in [0.5, 0.6) is 0 Å². The van der Waals surface area contributed by atoms with Crippen molar-refractivity contribution in [1.29, 1.82) is 0 Å². The van der Waals surface area contributed by atoms with E-state index in [4.69, 9.17) is 0 Å². The first-order valence-corrected chi connectivity index (χ1v) is 2.42. The van der Waals surface area contributed by atoms with Gasteiger partial charge in [0.05, 0.1) is 0 Å². The average Bonchev–Trinajstić information content (AvgIpc) is 1.91. The van der Waals surface area contributed by atoms with E-state index < -0.39 is 12.3 Å². The standard InChI is InChI=1S/C5H7F2/c6-4-2-1-3-5(4)7/h2,4-5H,1,3H2. The van der Waals surface area contributed by atoms with E-state index in [9.17, 15) is 8.78 Å². The third-order valence-electron chi connectivity index (χ3n) is 1.18. The highest BCUT2D eigenvalue weighted by atomic mass is 19.2. The van der Waals surface area contributed by atoms with Gasteiger partial charge in [-0.25, -0.2) is 8.78 Å². The van der Waals surface area contributed by atoms with Gasteiger partial charge in [0.15, 0.2) is 0 Å². The fraction of sp³-hybridized carbons (Fsp3) is 0.800. The molecule has 0 bridgehead atoms. The number of halogens is 2. The molecular formula is C5H7F2. The molecular weight excluding hydrogens is 98.1 g/mol. The van der Waals surface area contributed by atoms with Gasteiger partial charge >= 0.3 is 0 Å². The lowest BCUT2D eigenvalue weighted by atomic mass is 10.3. The van der Waals surface area contributed by atoms with Crippen LogP contribution < -0.4 is 0 Å². The Bertz CT molecular complexity index is 55.1. The Kier molecular flexibility index (Phi) is 1.26. The lowest BCUT2D eigenvalue weighted by Crippen LogP contribution is -2.07. The predicted molar refractivity (Wildman–Crippen MR) is 23.3 cm³/mol. The van der Waals surface area contributed by atoms with Gasteiger partial charge in [-0.05, 0) is 19.3 Å². The first-order chi connectivity index (χ1) is 3.30. The Morgan fingerprint density at radius 3 is 2.29 bits per heavy atom. The van der Waals surface area contributed by atoms with Gasteiger partial charge in [-0.2, -0.15) is 0 Å². The maximum atomic E-state index is 11.9. The van der Waals surface area contributed by atoms with E-state index in [2.05, 4.69) is 0 Å². The molecule has 0 aromatic carbocycles. The van der Waals surface area contributed by atoms with Gasteiger partial charge in [-0.3, -0.25) is 0 Å². The van der Waals surface area contributed by atoms with Crippen LogP contribution in [0.25, 0.3) is 0 Å². The monoisotopic (exact) mass is 105 g/mol. The minimum absolute atomic E-state index is 0.376. The molecule has 1 aliphatic rings. The summed E-state index contributed by atoms with van der Waals surface area (Å²) in [6.45, 7) is 0. The van der Waals surface area contributed by atoms with Crippen molar-refractivity contribution in [1.82, 2.24) is 0 Å². The van der Waals surface area contributed by atoms with E-state index >= 15 is 0 Å². The van der Waals surface area contributed by atoms with Gasteiger partial charge in [-0.1, -0.05) is 0 Å². The molecule has 2 unspecified atom stereocenters. The molecule has 41 valence electrons. The van der Waals surface area contributed by atoms with E-state index in [0.717, 1.165) is 0 Å². The van der Waals surface area contributed by atoms with Crippen molar-refractivity contribution in [2.75, 3.05) is 0 Å². The molecule has 0 amide bonds. The molecule has 1 rings (SSSR count). The van der Waals surface area contributed by atoms with Crippen molar-refractivity contribution in [3.8, 4) is 0 Å². The van der Waals surface area contributed by atoms with Crippen LogP contribution in [0.1, 0.15) is 12.8 Å². The lowest BCUT2D eigenvalue weighted by molar-refractivity contribution is 0.218. The van der Waals surface area contributed by atoms with E-state index in [1.807, 2.05) is 0 Å². The number of hydrogen-bond donors (Lipinski definition) is 0. The number of alkyl halides is 2. The quantitative estimate of drug-likeness (QED) is 0.439. The minimum atomic E-state index is -1.28. The van der Waals surface area contributed by atoms with Crippen LogP contribution in [0, 0.1) is 6.42 Å². The Morgan fingerprint density at radius 2 is 2.14 bits per heavy atom. The SMILES string of the molecule is FC1[CH]CCC1F. The maximum Gasteiger partial charge on any atom is 0.134 e. The van der Waals surface area contributed by atoms with E-state index in [-0.39, 0.29) is 0 Å². The van der Waals surface area contributed by atoms with Crippen molar-refractivity contribution in [3.63, 3.8) is 0 Å². The Balaban J connectivity index is 2.33. The second-order valence-electron chi connectivity index (χ2n) is 1.77. The molecule has 7 heavy (non-hydrogen) atoms. The molecule has 2 heteroatoms. The summed E-state index contributed by atoms with van der Waals surface area (Å²) in [5.41, 5.74) is 0. The van der Waals surface area contributed by atoms with Gasteiger partial charge in [0.25, 0.3) is 0 Å². The zero-order chi connectivity index (χ0) is 5.28. The van der Waals surface area contributed by atoms with Crippen molar-refractivity contribution >= 4 is 0 Å². The summed E-state index contributed by atoms with van der Waals surface area (Å²) in [6.07, 6.45) is -0.131. The third-order valence-corrected chi connectivity index (χ3v) is 1.18. The summed E-state index contributed by atoms with van der Waals surface area (Å²) in [6, 6.07) is 0. The predicted octanol–water partition coefficient (Wildman–Crippen LogP) is 1.66. The van der Waals surface area contributed by atoms with Gasteiger partial charge in [0.1, 0.15) is 12.3 Å². The lowest BCUT2D eigenvalue weighted by Gasteiger charge is -1.96. The summed E-state index contributed by atoms with van der Waals surface area (Å²) in [5, 5.41) is 0. The van der Waals surface area contributed by atoms with E-state index in [1.165, 1.54) is 6.42 Å². The summed E-state index contributed by atoms with van der Waals surface area (Å²) >= 11 is 0. The molecule has 0 heterocycles. The van der Waals surface area contributed by atoms with Crippen molar-refractivity contribution in [2.45, 2.75) is 25.2 Å². The molecule has 0 aromatic rings. The van der Waals surface area contributed by atoms with E-state index in [1.54, 1.807) is 0 Å². The number of rotatable bonds is 0. The zero-order valence-electron chi connectivity index (χ0n) is 3.90. The summed E-state index contributed by atoms with van der Waals surface area (Å²) in [7, 11) is 0. The molecule has 0 spiro atoms. The second-order valence-corrected chi connectivity index (χ2v) is 1.77. The van der Waals surface area contributed by atoms with Crippen molar-refractivity contribution in [2.24, 2.45) is 0 Å². The fourth-order valence-corrected chi connectivity index (χ4v) is 0.722. The van der Waals surface area contributed by atoms with Gasteiger partial charge < -0.3 is 0 Å². The molecule has 0 nitrogen and oxygen atoms in total. The van der Waals surface area contributed by atoms with Crippen LogP contribution in [-0.2, 0) is 0 Å². The van der Waals surface area contributed by atoms with Crippen LogP contribution in [0.3, 0.4) is 0 Å². The van der Waals surface area contributed by atoms with Crippen molar-refractivity contribution in [3.05, 3.63) is 6.42 Å². The Labute approximate surface area is 41.5 Å². The van der Waals surface area contributed by atoms with Crippen LogP contribution >= 0.6 is 0 Å². The molecule has 0 aliphatic heterocycles. The highest BCUT2D eigenvalue weighted by molar-refractivity contribution is 4.90. The molecule has 0 aromatic heterocycles. The molecule has 2 atom stereocenters. The van der Waals surface area contributed by atoms with Gasteiger partial charge in [0.2, 0.25) is 0 Å². The highest BCUT2D eigenvalue weighted by Gasteiger charge is 2.26. The Morgan fingerprint density at radius 1 is 1.43 bits per heavy atom. The summed E-state index contributed by atoms with van der Waals surface area (Å²) in [5.74, 6) is 0. The number of hydrogen-bond acceptors (Lipinski definition) is 0. The first kappa shape index (κ1) is 5.01. The molecule has 1 saturated carbocycles. The third kappa shape index (κ3) is 0.898. The maximum absolute atomic E-state index is 11.9. The molecule has 0 saturated heterocycles. The second kappa shape index (κ2) is 1.76. The van der Waals surface area contributed by atoms with E-state index in [0.29, 0.717) is 12.8 Å². The zero-order valence-corrected chi connectivity index (χ0v) is 3.90. The molecule has 1 aliphatic carbocycles. The smallest absolute Gasteiger partial charge is 0.134 e. The normalized spacial score (nSPS) is 42.0. The highest BCUT2D eigenvalue weighted by Crippen LogP contribution is 2.23. The van der Waals surface area contributed by atoms with Gasteiger partial charge in [0, 0.05) is 0 Å². The van der Waals surface area contributed by atoms with Crippen LogP contribution in [0.4, 0.5) is 8.78 Å². The molecule has 0 N–H and O–H groups in total. The van der Waals surface area contributed by atoms with Crippen LogP contribution in [0.15, 0.2) is 0 Å². The summed E-state index contributed by atoms with van der Waals surface area (Å²) in [4.78, 5) is 0. The average molecular weight is 105 g/mol.